The van der Waals surface area contributed by atoms with Crippen LogP contribution in [-0.4, -0.2) is 23.5 Å². The zero-order valence-electron chi connectivity index (χ0n) is 12.3. The first kappa shape index (κ1) is 15.5. The molecule has 21 heavy (non-hydrogen) atoms. The highest BCUT2D eigenvalue weighted by Crippen LogP contribution is 2.28. The zero-order valence-corrected chi connectivity index (χ0v) is 12.3. The summed E-state index contributed by atoms with van der Waals surface area (Å²) in [4.78, 5) is 22.7. The summed E-state index contributed by atoms with van der Waals surface area (Å²) in [5.41, 5.74) is 1.18. The van der Waals surface area contributed by atoms with Crippen LogP contribution in [0.5, 0.6) is 0 Å². The quantitative estimate of drug-likeness (QED) is 0.846. The molecule has 1 aliphatic carbocycles. The summed E-state index contributed by atoms with van der Waals surface area (Å²) in [7, 11) is 0. The summed E-state index contributed by atoms with van der Waals surface area (Å²) in [6.07, 6.45) is 4.54. The molecule has 0 bridgehead atoms. The van der Waals surface area contributed by atoms with Crippen LogP contribution in [0.3, 0.4) is 0 Å². The topological polar surface area (TPSA) is 66.4 Å². The van der Waals surface area contributed by atoms with Gasteiger partial charge in [0.15, 0.2) is 0 Å². The Morgan fingerprint density at radius 3 is 2.38 bits per heavy atom. The summed E-state index contributed by atoms with van der Waals surface area (Å²) < 4.78 is 0. The molecule has 0 spiro atoms. The van der Waals surface area contributed by atoms with Gasteiger partial charge in [0.05, 0.1) is 5.92 Å². The molecule has 1 amide bonds. The average Bonchev–Trinajstić information content (AvgIpc) is 2.52. The molecule has 1 aromatic rings. The number of nitrogens with one attached hydrogen (secondary N) is 1. The van der Waals surface area contributed by atoms with Crippen LogP contribution in [0.1, 0.15) is 37.7 Å². The second kappa shape index (κ2) is 7.81. The number of carbonyl (C=O) groups is 2. The van der Waals surface area contributed by atoms with Crippen molar-refractivity contribution in [1.82, 2.24) is 5.32 Å². The van der Waals surface area contributed by atoms with Gasteiger partial charge >= 0.3 is 5.97 Å². The SMILES string of the molecule is O=C(CCc1ccccc1)NCC1CCC(C(=O)O)CC1. The van der Waals surface area contributed by atoms with Gasteiger partial charge in [0.1, 0.15) is 0 Å². The van der Waals surface area contributed by atoms with E-state index in [9.17, 15) is 9.59 Å². The molecule has 2 rings (SSSR count). The lowest BCUT2D eigenvalue weighted by Gasteiger charge is -2.26. The second-order valence-corrected chi connectivity index (χ2v) is 5.85. The van der Waals surface area contributed by atoms with Gasteiger partial charge in [0, 0.05) is 13.0 Å². The van der Waals surface area contributed by atoms with Gasteiger partial charge in [-0.15, -0.1) is 0 Å². The van der Waals surface area contributed by atoms with E-state index < -0.39 is 5.97 Å². The van der Waals surface area contributed by atoms with Gasteiger partial charge in [0.25, 0.3) is 0 Å². The fourth-order valence-corrected chi connectivity index (χ4v) is 2.86. The standard InChI is InChI=1S/C17H23NO3/c19-16(11-8-13-4-2-1-3-5-13)18-12-14-6-9-15(10-7-14)17(20)21/h1-5,14-15H,6-12H2,(H,18,19)(H,20,21). The maximum atomic E-state index is 11.8. The molecule has 0 unspecified atom stereocenters. The minimum absolute atomic E-state index is 0.0826. The zero-order chi connectivity index (χ0) is 15.1. The molecule has 0 aliphatic heterocycles. The van der Waals surface area contributed by atoms with Gasteiger partial charge in [-0.2, -0.15) is 0 Å². The summed E-state index contributed by atoms with van der Waals surface area (Å²) in [5, 5.41) is 11.9. The fraction of sp³-hybridized carbons (Fsp3) is 0.529. The Hall–Kier alpha value is -1.84. The predicted octanol–water partition coefficient (Wildman–Crippen LogP) is 2.63. The normalized spacial score (nSPS) is 21.7. The molecule has 4 heteroatoms. The Labute approximate surface area is 125 Å². The number of benzene rings is 1. The monoisotopic (exact) mass is 289 g/mol. The molecule has 1 fully saturated rings. The first-order valence-electron chi connectivity index (χ1n) is 7.68. The molecule has 2 N–H and O–H groups in total. The van der Waals surface area contributed by atoms with E-state index in [1.165, 1.54) is 5.56 Å². The van der Waals surface area contributed by atoms with E-state index in [2.05, 4.69) is 5.32 Å². The third-order valence-corrected chi connectivity index (χ3v) is 4.27. The number of aliphatic carboxylic acids is 1. The van der Waals surface area contributed by atoms with E-state index >= 15 is 0 Å². The van der Waals surface area contributed by atoms with Crippen molar-refractivity contribution in [3.05, 3.63) is 35.9 Å². The first-order valence-corrected chi connectivity index (χ1v) is 7.68. The third-order valence-electron chi connectivity index (χ3n) is 4.27. The predicted molar refractivity (Wildman–Crippen MR) is 80.9 cm³/mol. The Kier molecular flexibility index (Phi) is 5.78. The van der Waals surface area contributed by atoms with Gasteiger partial charge in [-0.05, 0) is 43.6 Å². The molecule has 0 atom stereocenters. The lowest BCUT2D eigenvalue weighted by molar-refractivity contribution is -0.143. The van der Waals surface area contributed by atoms with Crippen LogP contribution in [0, 0.1) is 11.8 Å². The Bertz CT molecular complexity index is 464. The highest BCUT2D eigenvalue weighted by molar-refractivity contribution is 5.76. The Balaban J connectivity index is 1.62. The number of rotatable bonds is 6. The van der Waals surface area contributed by atoms with E-state index in [4.69, 9.17) is 5.11 Å². The van der Waals surface area contributed by atoms with E-state index in [0.29, 0.717) is 18.9 Å². The smallest absolute Gasteiger partial charge is 0.306 e. The summed E-state index contributed by atoms with van der Waals surface area (Å²) in [6.45, 7) is 0.681. The van der Waals surface area contributed by atoms with Crippen molar-refractivity contribution in [1.29, 1.82) is 0 Å². The molecular weight excluding hydrogens is 266 g/mol. The molecule has 1 aliphatic rings. The van der Waals surface area contributed by atoms with Gasteiger partial charge in [-0.3, -0.25) is 9.59 Å². The first-order chi connectivity index (χ1) is 10.1. The number of hydrogen-bond donors (Lipinski definition) is 2. The molecule has 0 aromatic heterocycles. The maximum absolute atomic E-state index is 11.8. The highest BCUT2D eigenvalue weighted by atomic mass is 16.4. The largest absolute Gasteiger partial charge is 0.481 e. The molecule has 0 radical (unpaired) electrons. The highest BCUT2D eigenvalue weighted by Gasteiger charge is 2.25. The molecular formula is C17H23NO3. The summed E-state index contributed by atoms with van der Waals surface area (Å²) in [5.74, 6) is -0.351. The van der Waals surface area contributed by atoms with Crippen molar-refractivity contribution < 1.29 is 14.7 Å². The van der Waals surface area contributed by atoms with Crippen LogP contribution in [-0.2, 0) is 16.0 Å². The molecule has 0 saturated heterocycles. The Morgan fingerprint density at radius 1 is 1.10 bits per heavy atom. The van der Waals surface area contributed by atoms with Crippen molar-refractivity contribution in [2.24, 2.45) is 11.8 Å². The van der Waals surface area contributed by atoms with E-state index in [1.807, 2.05) is 30.3 Å². The van der Waals surface area contributed by atoms with Crippen molar-refractivity contribution in [3.8, 4) is 0 Å². The van der Waals surface area contributed by atoms with E-state index in [1.54, 1.807) is 0 Å². The van der Waals surface area contributed by atoms with Gasteiger partial charge in [-0.25, -0.2) is 0 Å². The molecule has 4 nitrogen and oxygen atoms in total. The number of amides is 1. The lowest BCUT2D eigenvalue weighted by Crippen LogP contribution is -2.32. The van der Waals surface area contributed by atoms with Crippen LogP contribution >= 0.6 is 0 Å². The Morgan fingerprint density at radius 2 is 1.76 bits per heavy atom. The molecule has 114 valence electrons. The van der Waals surface area contributed by atoms with E-state index in [0.717, 1.165) is 32.1 Å². The fourth-order valence-electron chi connectivity index (χ4n) is 2.86. The van der Waals surface area contributed by atoms with Crippen LogP contribution < -0.4 is 5.32 Å². The number of hydrogen-bond acceptors (Lipinski definition) is 2. The van der Waals surface area contributed by atoms with E-state index in [-0.39, 0.29) is 11.8 Å². The minimum atomic E-state index is -0.680. The van der Waals surface area contributed by atoms with Crippen LogP contribution in [0.25, 0.3) is 0 Å². The lowest BCUT2D eigenvalue weighted by atomic mass is 9.82. The molecule has 1 saturated carbocycles. The van der Waals surface area contributed by atoms with Crippen molar-refractivity contribution >= 4 is 11.9 Å². The average molecular weight is 289 g/mol. The minimum Gasteiger partial charge on any atom is -0.481 e. The number of carbonyl (C=O) groups excluding carboxylic acids is 1. The van der Waals surface area contributed by atoms with Crippen molar-refractivity contribution in [2.45, 2.75) is 38.5 Å². The third kappa shape index (κ3) is 5.21. The van der Waals surface area contributed by atoms with Crippen molar-refractivity contribution in [2.75, 3.05) is 6.54 Å². The maximum Gasteiger partial charge on any atom is 0.306 e. The summed E-state index contributed by atoms with van der Waals surface area (Å²) in [6, 6.07) is 9.99. The van der Waals surface area contributed by atoms with Crippen LogP contribution in [0.15, 0.2) is 30.3 Å². The number of carboxylic acid groups (broad SMARTS) is 1. The second-order valence-electron chi connectivity index (χ2n) is 5.85. The molecule has 1 aromatic carbocycles. The van der Waals surface area contributed by atoms with Gasteiger partial charge in [0.2, 0.25) is 5.91 Å². The number of carboxylic acids is 1. The van der Waals surface area contributed by atoms with Gasteiger partial charge < -0.3 is 10.4 Å². The van der Waals surface area contributed by atoms with Crippen LogP contribution in [0.2, 0.25) is 0 Å². The van der Waals surface area contributed by atoms with Gasteiger partial charge in [-0.1, -0.05) is 30.3 Å². The van der Waals surface area contributed by atoms with Crippen LogP contribution in [0.4, 0.5) is 0 Å². The molecule has 0 heterocycles. The number of aryl methyl sites for hydroxylation is 1. The summed E-state index contributed by atoms with van der Waals surface area (Å²) >= 11 is 0. The van der Waals surface area contributed by atoms with Crippen molar-refractivity contribution in [3.63, 3.8) is 0 Å².